The van der Waals surface area contributed by atoms with Gasteiger partial charge in [-0.05, 0) is 35.4 Å². The summed E-state index contributed by atoms with van der Waals surface area (Å²) < 4.78 is 5.59. The summed E-state index contributed by atoms with van der Waals surface area (Å²) in [6.07, 6.45) is 1.52. The predicted octanol–water partition coefficient (Wildman–Crippen LogP) is 3.42. The highest BCUT2D eigenvalue weighted by atomic mass is 35.5. The molecule has 1 N–H and O–H groups in total. The molecule has 2 aromatic rings. The van der Waals surface area contributed by atoms with Crippen LogP contribution in [0.25, 0.3) is 0 Å². The monoisotopic (exact) mass is 399 g/mol. The summed E-state index contributed by atoms with van der Waals surface area (Å²) >= 11 is 5.96. The van der Waals surface area contributed by atoms with Crippen LogP contribution in [0.4, 0.5) is 5.69 Å². The van der Waals surface area contributed by atoms with E-state index in [1.807, 2.05) is 12.1 Å². The molecule has 2 aliphatic heterocycles. The van der Waals surface area contributed by atoms with Crippen molar-refractivity contribution in [1.29, 1.82) is 0 Å². The zero-order chi connectivity index (χ0) is 19.3. The zero-order valence-electron chi connectivity index (χ0n) is 16.0. The molecule has 1 fully saturated rings. The normalized spacial score (nSPS) is 17.2. The Morgan fingerprint density at radius 2 is 1.89 bits per heavy atom. The molecular formula is C22H26ClN3O2. The van der Waals surface area contributed by atoms with Crippen LogP contribution in [0.15, 0.2) is 42.5 Å². The standard InChI is InChI=1S/C22H26ClN3O2/c23-19-2-1-3-20(15-19)24-22(27)6-8-25-9-11-26(12-10-25)16-17-4-5-21-18(14-17)7-13-28-21/h1-5,14-15H,6-13,16H2,(H,24,27). The van der Waals surface area contributed by atoms with Gasteiger partial charge in [0.05, 0.1) is 6.61 Å². The first-order valence-electron chi connectivity index (χ1n) is 9.90. The van der Waals surface area contributed by atoms with Crippen molar-refractivity contribution in [3.8, 4) is 5.75 Å². The van der Waals surface area contributed by atoms with Crippen LogP contribution >= 0.6 is 11.6 Å². The summed E-state index contributed by atoms with van der Waals surface area (Å²) in [7, 11) is 0. The Kier molecular flexibility index (Phi) is 6.15. The summed E-state index contributed by atoms with van der Waals surface area (Å²) in [6, 6.07) is 13.8. The maximum Gasteiger partial charge on any atom is 0.225 e. The van der Waals surface area contributed by atoms with Crippen molar-refractivity contribution in [3.63, 3.8) is 0 Å². The van der Waals surface area contributed by atoms with E-state index in [9.17, 15) is 4.79 Å². The van der Waals surface area contributed by atoms with E-state index in [-0.39, 0.29) is 5.91 Å². The number of anilines is 1. The minimum absolute atomic E-state index is 0.0325. The molecule has 1 amide bonds. The van der Waals surface area contributed by atoms with E-state index < -0.39 is 0 Å². The fraction of sp³-hybridized carbons (Fsp3) is 0.409. The lowest BCUT2D eigenvalue weighted by Crippen LogP contribution is -2.46. The van der Waals surface area contributed by atoms with Gasteiger partial charge in [0.25, 0.3) is 0 Å². The number of ether oxygens (including phenoxy) is 1. The Morgan fingerprint density at radius 1 is 1.07 bits per heavy atom. The Bertz CT molecular complexity index is 834. The molecule has 0 unspecified atom stereocenters. The number of hydrogen-bond donors (Lipinski definition) is 1. The third kappa shape index (κ3) is 5.04. The minimum Gasteiger partial charge on any atom is -0.493 e. The van der Waals surface area contributed by atoms with E-state index in [2.05, 4.69) is 33.3 Å². The van der Waals surface area contributed by atoms with E-state index >= 15 is 0 Å². The summed E-state index contributed by atoms with van der Waals surface area (Å²) in [4.78, 5) is 17.0. The molecule has 148 valence electrons. The van der Waals surface area contributed by atoms with Gasteiger partial charge in [0.15, 0.2) is 0 Å². The fourth-order valence-corrected chi connectivity index (χ4v) is 4.01. The summed E-state index contributed by atoms with van der Waals surface area (Å²) in [5.74, 6) is 1.08. The van der Waals surface area contributed by atoms with E-state index in [0.29, 0.717) is 11.4 Å². The Labute approximate surface area is 171 Å². The quantitative estimate of drug-likeness (QED) is 0.808. The average Bonchev–Trinajstić information content (AvgIpc) is 3.15. The third-order valence-corrected chi connectivity index (χ3v) is 5.62. The molecule has 0 atom stereocenters. The Morgan fingerprint density at radius 3 is 2.71 bits per heavy atom. The van der Waals surface area contributed by atoms with Gasteiger partial charge in [-0.3, -0.25) is 9.69 Å². The number of halogens is 1. The molecule has 0 aromatic heterocycles. The first-order valence-corrected chi connectivity index (χ1v) is 10.3. The van der Waals surface area contributed by atoms with Gasteiger partial charge < -0.3 is 15.0 Å². The lowest BCUT2D eigenvalue weighted by molar-refractivity contribution is -0.116. The van der Waals surface area contributed by atoms with Gasteiger partial charge in [-0.2, -0.15) is 0 Å². The highest BCUT2D eigenvalue weighted by Crippen LogP contribution is 2.26. The van der Waals surface area contributed by atoms with Crippen molar-refractivity contribution in [1.82, 2.24) is 9.80 Å². The highest BCUT2D eigenvalue weighted by molar-refractivity contribution is 6.30. The SMILES string of the molecule is O=C(CCN1CCN(Cc2ccc3c(c2)CCO3)CC1)Nc1cccc(Cl)c1. The number of nitrogens with zero attached hydrogens (tertiary/aromatic N) is 2. The van der Waals surface area contributed by atoms with Gasteiger partial charge in [-0.15, -0.1) is 0 Å². The topological polar surface area (TPSA) is 44.8 Å². The second-order valence-electron chi connectivity index (χ2n) is 7.47. The first kappa shape index (κ1) is 19.2. The molecule has 2 aliphatic rings. The summed E-state index contributed by atoms with van der Waals surface area (Å²) in [5, 5.41) is 3.54. The number of carbonyl (C=O) groups is 1. The lowest BCUT2D eigenvalue weighted by atomic mass is 10.1. The summed E-state index contributed by atoms with van der Waals surface area (Å²) in [6.45, 7) is 6.64. The molecule has 0 aliphatic carbocycles. The molecule has 1 saturated heterocycles. The number of amides is 1. The number of benzene rings is 2. The molecule has 5 nitrogen and oxygen atoms in total. The van der Waals surface area contributed by atoms with Crippen LogP contribution in [0, 0.1) is 0 Å². The molecule has 0 spiro atoms. The largest absolute Gasteiger partial charge is 0.493 e. The molecule has 6 heteroatoms. The number of piperazine rings is 1. The van der Waals surface area contributed by atoms with Crippen LogP contribution in [-0.2, 0) is 17.8 Å². The van der Waals surface area contributed by atoms with E-state index in [4.69, 9.17) is 16.3 Å². The van der Waals surface area contributed by atoms with Gasteiger partial charge in [-0.25, -0.2) is 0 Å². The van der Waals surface area contributed by atoms with Crippen molar-refractivity contribution >= 4 is 23.2 Å². The van der Waals surface area contributed by atoms with Crippen LogP contribution < -0.4 is 10.1 Å². The zero-order valence-corrected chi connectivity index (χ0v) is 16.8. The van der Waals surface area contributed by atoms with Crippen LogP contribution in [-0.4, -0.2) is 55.0 Å². The van der Waals surface area contributed by atoms with E-state index in [1.165, 1.54) is 11.1 Å². The van der Waals surface area contributed by atoms with Gasteiger partial charge in [-0.1, -0.05) is 29.8 Å². The van der Waals surface area contributed by atoms with Crippen molar-refractivity contribution in [3.05, 3.63) is 58.6 Å². The molecule has 2 aromatic carbocycles. The van der Waals surface area contributed by atoms with Gasteiger partial charge in [0.1, 0.15) is 5.75 Å². The third-order valence-electron chi connectivity index (χ3n) is 5.39. The minimum atomic E-state index is 0.0325. The number of hydrogen-bond acceptors (Lipinski definition) is 4. The first-order chi connectivity index (χ1) is 13.7. The second kappa shape index (κ2) is 8.95. The number of rotatable bonds is 6. The van der Waals surface area contributed by atoms with Crippen LogP contribution in [0.3, 0.4) is 0 Å². The van der Waals surface area contributed by atoms with E-state index in [0.717, 1.165) is 63.7 Å². The smallest absolute Gasteiger partial charge is 0.225 e. The molecule has 0 bridgehead atoms. The molecule has 28 heavy (non-hydrogen) atoms. The molecular weight excluding hydrogens is 374 g/mol. The van der Waals surface area contributed by atoms with E-state index in [1.54, 1.807) is 12.1 Å². The summed E-state index contributed by atoms with van der Waals surface area (Å²) in [5.41, 5.74) is 3.45. The Balaban J connectivity index is 1.18. The van der Waals surface area contributed by atoms with Crippen LogP contribution in [0.1, 0.15) is 17.5 Å². The second-order valence-corrected chi connectivity index (χ2v) is 7.90. The number of carbonyl (C=O) groups excluding carboxylic acids is 1. The highest BCUT2D eigenvalue weighted by Gasteiger charge is 2.19. The maximum atomic E-state index is 12.2. The van der Waals surface area contributed by atoms with Crippen molar-refractivity contribution in [2.75, 3.05) is 44.6 Å². The number of fused-ring (bicyclic) bond motifs is 1. The van der Waals surface area contributed by atoms with Crippen molar-refractivity contribution < 1.29 is 9.53 Å². The van der Waals surface area contributed by atoms with Crippen molar-refractivity contribution in [2.24, 2.45) is 0 Å². The van der Waals surface area contributed by atoms with Gasteiger partial charge >= 0.3 is 0 Å². The molecule has 4 rings (SSSR count). The van der Waals surface area contributed by atoms with Crippen LogP contribution in [0.2, 0.25) is 5.02 Å². The molecule has 2 heterocycles. The molecule has 0 radical (unpaired) electrons. The Hall–Kier alpha value is -2.08. The predicted molar refractivity (Wildman–Crippen MR) is 112 cm³/mol. The lowest BCUT2D eigenvalue weighted by Gasteiger charge is -2.34. The van der Waals surface area contributed by atoms with Crippen molar-refractivity contribution in [2.45, 2.75) is 19.4 Å². The van der Waals surface area contributed by atoms with Gasteiger partial charge in [0, 0.05) is 62.8 Å². The van der Waals surface area contributed by atoms with Crippen LogP contribution in [0.5, 0.6) is 5.75 Å². The van der Waals surface area contributed by atoms with Gasteiger partial charge in [0.2, 0.25) is 5.91 Å². The maximum absolute atomic E-state index is 12.2. The number of nitrogens with one attached hydrogen (secondary N) is 1. The fourth-order valence-electron chi connectivity index (χ4n) is 3.82. The average molecular weight is 400 g/mol. The molecule has 0 saturated carbocycles.